The Labute approximate surface area is 111 Å². The summed E-state index contributed by atoms with van der Waals surface area (Å²) in [6.45, 7) is 4.16. The van der Waals surface area contributed by atoms with E-state index < -0.39 is 0 Å². The van der Waals surface area contributed by atoms with E-state index in [1.807, 2.05) is 18.7 Å². The van der Waals surface area contributed by atoms with Gasteiger partial charge in [0.25, 0.3) is 0 Å². The van der Waals surface area contributed by atoms with Crippen LogP contribution in [0.1, 0.15) is 18.5 Å². The van der Waals surface area contributed by atoms with Crippen LogP contribution in [-0.4, -0.2) is 43.9 Å². The van der Waals surface area contributed by atoms with Gasteiger partial charge in [-0.2, -0.15) is 5.10 Å². The lowest BCUT2D eigenvalue weighted by molar-refractivity contribution is 0.282. The second-order valence-electron chi connectivity index (χ2n) is 5.23. The Morgan fingerprint density at radius 1 is 1.44 bits per heavy atom. The lowest BCUT2D eigenvalue weighted by Gasteiger charge is -2.20. The minimum Gasteiger partial charge on any atom is -0.328 e. The first kappa shape index (κ1) is 11.9. The highest BCUT2D eigenvalue weighted by Crippen LogP contribution is 2.21. The minimum atomic E-state index is 0.589. The first-order chi connectivity index (χ1) is 8.58. The van der Waals surface area contributed by atoms with Crippen LogP contribution in [0.25, 0.3) is 11.2 Å². The Morgan fingerprint density at radius 2 is 2.22 bits per heavy atom. The van der Waals surface area contributed by atoms with Crippen molar-refractivity contribution in [2.75, 3.05) is 13.6 Å². The fourth-order valence-electron chi connectivity index (χ4n) is 2.96. The maximum Gasteiger partial charge on any atom is 0.179 e. The largest absolute Gasteiger partial charge is 0.328 e. The molecule has 0 bridgehead atoms. The molecule has 0 amide bonds. The molecule has 0 aromatic carbocycles. The lowest BCUT2D eigenvalue weighted by atomic mass is 10.2. The molecule has 1 saturated heterocycles. The van der Waals surface area contributed by atoms with E-state index in [0.717, 1.165) is 28.2 Å². The van der Waals surface area contributed by atoms with Crippen molar-refractivity contribution in [2.24, 2.45) is 7.05 Å². The van der Waals surface area contributed by atoms with Crippen molar-refractivity contribution < 1.29 is 0 Å². The third kappa shape index (κ3) is 1.71. The van der Waals surface area contributed by atoms with Gasteiger partial charge >= 0.3 is 0 Å². The van der Waals surface area contributed by atoms with E-state index >= 15 is 0 Å². The van der Waals surface area contributed by atoms with Crippen LogP contribution < -0.4 is 0 Å². The highest BCUT2D eigenvalue weighted by molar-refractivity contribution is 7.71. The van der Waals surface area contributed by atoms with Gasteiger partial charge in [0.2, 0.25) is 0 Å². The van der Waals surface area contributed by atoms with Gasteiger partial charge in [-0.3, -0.25) is 4.68 Å². The van der Waals surface area contributed by atoms with Gasteiger partial charge in [0.1, 0.15) is 5.52 Å². The van der Waals surface area contributed by atoms with Gasteiger partial charge in [-0.15, -0.1) is 0 Å². The number of fused-ring (bicyclic) bond motifs is 1. The van der Waals surface area contributed by atoms with E-state index in [0.29, 0.717) is 6.04 Å². The fraction of sp³-hybridized carbons (Fsp3) is 0.667. The Balaban J connectivity index is 2.05. The predicted octanol–water partition coefficient (Wildman–Crippen LogP) is 1.84. The third-order valence-corrected chi connectivity index (χ3v) is 4.31. The molecule has 18 heavy (non-hydrogen) atoms. The van der Waals surface area contributed by atoms with Crippen molar-refractivity contribution >= 4 is 23.4 Å². The normalized spacial score (nSPS) is 21.2. The van der Waals surface area contributed by atoms with E-state index in [-0.39, 0.29) is 0 Å². The van der Waals surface area contributed by atoms with Crippen molar-refractivity contribution in [1.29, 1.82) is 0 Å². The highest BCUT2D eigenvalue weighted by Gasteiger charge is 2.23. The minimum absolute atomic E-state index is 0.589. The van der Waals surface area contributed by atoms with E-state index in [2.05, 4.69) is 26.6 Å². The molecule has 1 aliphatic heterocycles. The molecule has 3 heterocycles. The fourth-order valence-corrected chi connectivity index (χ4v) is 3.23. The SMILES string of the molecule is Cc1nn(C)c2c1[nH]c(=S)n2CC1CCCN1C. The molecule has 5 nitrogen and oxygen atoms in total. The number of likely N-dealkylation sites (N-methyl/N-ethyl adjacent to an activating group) is 1. The van der Waals surface area contributed by atoms with Gasteiger partial charge in [-0.25, -0.2) is 0 Å². The summed E-state index contributed by atoms with van der Waals surface area (Å²) in [5, 5.41) is 4.45. The number of H-pyrrole nitrogens is 1. The molecule has 6 heteroatoms. The molecule has 2 aromatic heterocycles. The van der Waals surface area contributed by atoms with Crippen molar-refractivity contribution in [3.05, 3.63) is 10.5 Å². The second-order valence-corrected chi connectivity index (χ2v) is 5.61. The van der Waals surface area contributed by atoms with Crippen LogP contribution in [0.2, 0.25) is 0 Å². The summed E-state index contributed by atoms with van der Waals surface area (Å²) >= 11 is 5.45. The summed E-state index contributed by atoms with van der Waals surface area (Å²) in [6, 6.07) is 0.589. The highest BCUT2D eigenvalue weighted by atomic mass is 32.1. The van der Waals surface area contributed by atoms with Gasteiger partial charge in [0.05, 0.1) is 5.69 Å². The summed E-state index contributed by atoms with van der Waals surface area (Å²) in [7, 11) is 4.17. The topological polar surface area (TPSA) is 41.8 Å². The van der Waals surface area contributed by atoms with Gasteiger partial charge in [-0.05, 0) is 45.6 Å². The zero-order valence-electron chi connectivity index (χ0n) is 11.1. The molecule has 0 radical (unpaired) electrons. The van der Waals surface area contributed by atoms with Gasteiger partial charge < -0.3 is 14.5 Å². The Hall–Kier alpha value is -1.14. The van der Waals surface area contributed by atoms with Crippen LogP contribution in [0, 0.1) is 11.7 Å². The number of aromatic nitrogens is 4. The van der Waals surface area contributed by atoms with Gasteiger partial charge in [0.15, 0.2) is 10.4 Å². The van der Waals surface area contributed by atoms with Crippen LogP contribution in [-0.2, 0) is 13.6 Å². The number of hydrogen-bond donors (Lipinski definition) is 1. The van der Waals surface area contributed by atoms with Crippen molar-refractivity contribution in [2.45, 2.75) is 32.4 Å². The number of aromatic amines is 1. The van der Waals surface area contributed by atoms with Crippen LogP contribution in [0.5, 0.6) is 0 Å². The summed E-state index contributed by atoms with van der Waals surface area (Å²) in [6.07, 6.45) is 2.54. The maximum absolute atomic E-state index is 5.45. The molecule has 0 saturated carbocycles. The first-order valence-electron chi connectivity index (χ1n) is 6.40. The Kier molecular flexibility index (Phi) is 2.79. The maximum atomic E-state index is 5.45. The zero-order chi connectivity index (χ0) is 12.9. The first-order valence-corrected chi connectivity index (χ1v) is 6.81. The molecule has 98 valence electrons. The molecule has 0 spiro atoms. The van der Waals surface area contributed by atoms with Gasteiger partial charge in [-0.1, -0.05) is 0 Å². The molecule has 0 aliphatic carbocycles. The molecule has 3 rings (SSSR count). The molecule has 1 unspecified atom stereocenters. The second kappa shape index (κ2) is 4.20. The number of hydrogen-bond acceptors (Lipinski definition) is 3. The van der Waals surface area contributed by atoms with Crippen LogP contribution in [0.3, 0.4) is 0 Å². The monoisotopic (exact) mass is 265 g/mol. The van der Waals surface area contributed by atoms with E-state index in [4.69, 9.17) is 12.2 Å². The Bertz CT molecular complexity index is 635. The average Bonchev–Trinajstić information content (AvgIpc) is 2.92. The average molecular weight is 265 g/mol. The smallest absolute Gasteiger partial charge is 0.179 e. The van der Waals surface area contributed by atoms with Crippen LogP contribution in [0.4, 0.5) is 0 Å². The van der Waals surface area contributed by atoms with Crippen molar-refractivity contribution in [3.8, 4) is 0 Å². The van der Waals surface area contributed by atoms with Crippen molar-refractivity contribution in [3.63, 3.8) is 0 Å². The zero-order valence-corrected chi connectivity index (χ0v) is 11.9. The molecule has 1 N–H and O–H groups in total. The molecule has 2 aromatic rings. The molecular formula is C12H19N5S. The molecular weight excluding hydrogens is 246 g/mol. The third-order valence-electron chi connectivity index (χ3n) is 3.99. The summed E-state index contributed by atoms with van der Waals surface area (Å²) in [5.41, 5.74) is 3.19. The quantitative estimate of drug-likeness (QED) is 0.842. The molecule has 1 fully saturated rings. The summed E-state index contributed by atoms with van der Waals surface area (Å²) in [5.74, 6) is 0. The lowest BCUT2D eigenvalue weighted by Crippen LogP contribution is -2.29. The summed E-state index contributed by atoms with van der Waals surface area (Å²) < 4.78 is 4.92. The standard InChI is InChI=1S/C12H19N5S/c1-8-10-11(16(3)14-8)17(12(18)13-10)7-9-5-4-6-15(9)2/h9H,4-7H2,1-3H3,(H,13,18). The van der Waals surface area contributed by atoms with Crippen LogP contribution in [0.15, 0.2) is 0 Å². The number of rotatable bonds is 2. The summed E-state index contributed by atoms with van der Waals surface area (Å²) in [4.78, 5) is 5.70. The number of nitrogens with one attached hydrogen (secondary N) is 1. The van der Waals surface area contributed by atoms with Crippen LogP contribution >= 0.6 is 12.2 Å². The Morgan fingerprint density at radius 3 is 2.89 bits per heavy atom. The number of likely N-dealkylation sites (tertiary alicyclic amines) is 1. The number of aryl methyl sites for hydroxylation is 2. The van der Waals surface area contributed by atoms with Gasteiger partial charge in [0, 0.05) is 19.6 Å². The van der Waals surface area contributed by atoms with Crippen molar-refractivity contribution in [1.82, 2.24) is 24.2 Å². The van der Waals surface area contributed by atoms with E-state index in [1.54, 1.807) is 0 Å². The molecule has 1 atom stereocenters. The predicted molar refractivity (Wildman–Crippen MR) is 74.3 cm³/mol. The number of imidazole rings is 1. The number of nitrogens with zero attached hydrogens (tertiary/aromatic N) is 4. The molecule has 1 aliphatic rings. The van der Waals surface area contributed by atoms with E-state index in [1.165, 1.54) is 19.4 Å². The van der Waals surface area contributed by atoms with E-state index in [9.17, 15) is 0 Å².